The van der Waals surface area contributed by atoms with E-state index in [-0.39, 0.29) is 11.3 Å². The third-order valence-corrected chi connectivity index (χ3v) is 3.40. The van der Waals surface area contributed by atoms with Crippen molar-refractivity contribution < 1.29 is 18.4 Å². The van der Waals surface area contributed by atoms with E-state index in [2.05, 4.69) is 5.16 Å². The monoisotopic (exact) mass is 321 g/mol. The van der Waals surface area contributed by atoms with Crippen molar-refractivity contribution in [3.05, 3.63) is 64.7 Å². The molecule has 1 aromatic heterocycles. The maximum absolute atomic E-state index is 13.3. The van der Waals surface area contributed by atoms with Crippen LogP contribution in [0.2, 0.25) is 5.02 Å². The van der Waals surface area contributed by atoms with Crippen molar-refractivity contribution in [2.45, 2.75) is 6.61 Å². The van der Waals surface area contributed by atoms with Crippen LogP contribution in [0, 0.1) is 11.6 Å². The van der Waals surface area contributed by atoms with E-state index in [1.807, 2.05) is 0 Å². The third kappa shape index (κ3) is 2.73. The summed E-state index contributed by atoms with van der Waals surface area (Å²) in [5.41, 5.74) is 1.53. The number of rotatable bonds is 3. The quantitative estimate of drug-likeness (QED) is 0.776. The van der Waals surface area contributed by atoms with Gasteiger partial charge in [-0.1, -0.05) is 28.9 Å². The molecule has 0 saturated heterocycles. The number of nitrogens with zero attached hydrogens (tertiary/aromatic N) is 1. The van der Waals surface area contributed by atoms with E-state index >= 15 is 0 Å². The zero-order chi connectivity index (χ0) is 15.7. The molecule has 1 heterocycles. The molecule has 0 unspecified atom stereocenters. The van der Waals surface area contributed by atoms with Crippen LogP contribution in [0.1, 0.15) is 5.56 Å². The first-order valence-corrected chi connectivity index (χ1v) is 6.78. The van der Waals surface area contributed by atoms with Gasteiger partial charge in [-0.25, -0.2) is 8.78 Å². The number of halogens is 3. The first kappa shape index (κ1) is 14.7. The van der Waals surface area contributed by atoms with Crippen LogP contribution in [-0.4, -0.2) is 10.3 Å². The van der Waals surface area contributed by atoms with Crippen LogP contribution in [0.25, 0.3) is 22.6 Å². The van der Waals surface area contributed by atoms with Crippen molar-refractivity contribution in [2.24, 2.45) is 0 Å². The molecule has 0 amide bonds. The van der Waals surface area contributed by atoms with E-state index in [9.17, 15) is 13.9 Å². The first-order valence-electron chi connectivity index (χ1n) is 6.40. The van der Waals surface area contributed by atoms with Gasteiger partial charge in [0.05, 0.1) is 12.2 Å². The van der Waals surface area contributed by atoms with E-state index in [1.54, 1.807) is 24.3 Å². The Morgan fingerprint density at radius 2 is 1.77 bits per heavy atom. The minimum Gasteiger partial charge on any atom is -0.391 e. The van der Waals surface area contributed by atoms with Crippen molar-refractivity contribution >= 4 is 11.6 Å². The van der Waals surface area contributed by atoms with Gasteiger partial charge in [0.1, 0.15) is 17.3 Å². The summed E-state index contributed by atoms with van der Waals surface area (Å²) in [6.45, 7) is -0.390. The second-order valence-electron chi connectivity index (χ2n) is 4.67. The minimum atomic E-state index is -0.736. The lowest BCUT2D eigenvalue weighted by Gasteiger charge is -2.02. The summed E-state index contributed by atoms with van der Waals surface area (Å²) in [6, 6.07) is 9.83. The minimum absolute atomic E-state index is 0.121. The largest absolute Gasteiger partial charge is 0.391 e. The van der Waals surface area contributed by atoms with Crippen molar-refractivity contribution in [3.8, 4) is 22.6 Å². The summed E-state index contributed by atoms with van der Waals surface area (Å²) in [5, 5.41) is 14.0. The Kier molecular flexibility index (Phi) is 3.92. The van der Waals surface area contributed by atoms with Gasteiger partial charge in [0.25, 0.3) is 0 Å². The number of aliphatic hydroxyl groups is 1. The molecule has 0 aliphatic heterocycles. The average molecular weight is 322 g/mol. The summed E-state index contributed by atoms with van der Waals surface area (Å²) in [5.74, 6) is -1.35. The summed E-state index contributed by atoms with van der Waals surface area (Å²) in [4.78, 5) is 0. The highest BCUT2D eigenvalue weighted by Gasteiger charge is 2.19. The SMILES string of the molecule is OCc1c(-c2cccc(Cl)c2)noc1-c1cc(F)cc(F)c1. The van der Waals surface area contributed by atoms with Gasteiger partial charge in [0, 0.05) is 22.2 Å². The van der Waals surface area contributed by atoms with Crippen LogP contribution in [-0.2, 0) is 6.61 Å². The van der Waals surface area contributed by atoms with Crippen molar-refractivity contribution in [1.82, 2.24) is 5.16 Å². The molecule has 0 bridgehead atoms. The van der Waals surface area contributed by atoms with Crippen LogP contribution >= 0.6 is 11.6 Å². The predicted molar refractivity (Wildman–Crippen MR) is 78.2 cm³/mol. The van der Waals surface area contributed by atoms with Crippen LogP contribution in [0.5, 0.6) is 0 Å². The molecule has 0 aliphatic carbocycles. The lowest BCUT2D eigenvalue weighted by atomic mass is 10.0. The second-order valence-corrected chi connectivity index (χ2v) is 5.10. The Morgan fingerprint density at radius 3 is 2.41 bits per heavy atom. The van der Waals surface area contributed by atoms with Gasteiger partial charge in [0.15, 0.2) is 5.76 Å². The molecular weight excluding hydrogens is 312 g/mol. The Labute approximate surface area is 129 Å². The molecule has 0 atom stereocenters. The van der Waals surface area contributed by atoms with Crippen LogP contribution in [0.15, 0.2) is 47.0 Å². The zero-order valence-corrected chi connectivity index (χ0v) is 11.9. The standard InChI is InChI=1S/C16H10ClF2NO2/c17-11-3-1-2-9(4-11)15-14(8-21)16(22-20-15)10-5-12(18)7-13(19)6-10/h1-7,21H,8H2. The highest BCUT2D eigenvalue weighted by atomic mass is 35.5. The molecule has 0 spiro atoms. The summed E-state index contributed by atoms with van der Waals surface area (Å²) in [7, 11) is 0. The van der Waals surface area contributed by atoms with Crippen LogP contribution in [0.3, 0.4) is 0 Å². The molecule has 3 rings (SSSR count). The third-order valence-electron chi connectivity index (χ3n) is 3.17. The van der Waals surface area contributed by atoms with E-state index in [0.717, 1.165) is 18.2 Å². The fraction of sp³-hybridized carbons (Fsp3) is 0.0625. The topological polar surface area (TPSA) is 46.3 Å². The molecule has 3 aromatic rings. The van der Waals surface area contributed by atoms with Crippen molar-refractivity contribution in [2.75, 3.05) is 0 Å². The highest BCUT2D eigenvalue weighted by molar-refractivity contribution is 6.30. The van der Waals surface area contributed by atoms with Crippen LogP contribution in [0.4, 0.5) is 8.78 Å². The summed E-state index contributed by atoms with van der Waals surface area (Å²) >= 11 is 5.94. The average Bonchev–Trinajstić information content (AvgIpc) is 2.90. The second kappa shape index (κ2) is 5.87. The lowest BCUT2D eigenvalue weighted by molar-refractivity contribution is 0.281. The predicted octanol–water partition coefficient (Wildman–Crippen LogP) is 4.43. The molecule has 6 heteroatoms. The molecule has 2 aromatic carbocycles. The number of hydrogen-bond acceptors (Lipinski definition) is 3. The smallest absolute Gasteiger partial charge is 0.173 e. The van der Waals surface area contributed by atoms with Gasteiger partial charge in [-0.2, -0.15) is 0 Å². The van der Waals surface area contributed by atoms with Crippen molar-refractivity contribution in [1.29, 1.82) is 0 Å². The normalized spacial score (nSPS) is 10.9. The Balaban J connectivity index is 2.15. The van der Waals surface area contributed by atoms with E-state index in [0.29, 0.717) is 21.8 Å². The number of hydrogen-bond donors (Lipinski definition) is 1. The zero-order valence-electron chi connectivity index (χ0n) is 11.2. The number of aromatic nitrogens is 1. The molecule has 0 radical (unpaired) electrons. The fourth-order valence-corrected chi connectivity index (χ4v) is 2.42. The molecule has 0 aliphatic rings. The summed E-state index contributed by atoms with van der Waals surface area (Å²) in [6.07, 6.45) is 0. The van der Waals surface area contributed by atoms with Gasteiger partial charge >= 0.3 is 0 Å². The molecular formula is C16H10ClF2NO2. The van der Waals surface area contributed by atoms with Gasteiger partial charge in [0.2, 0.25) is 0 Å². The van der Waals surface area contributed by atoms with E-state index < -0.39 is 18.2 Å². The van der Waals surface area contributed by atoms with Gasteiger partial charge < -0.3 is 9.63 Å². The van der Waals surface area contributed by atoms with E-state index in [1.165, 1.54) is 0 Å². The van der Waals surface area contributed by atoms with Gasteiger partial charge in [-0.15, -0.1) is 0 Å². The van der Waals surface area contributed by atoms with Crippen molar-refractivity contribution in [3.63, 3.8) is 0 Å². The molecule has 0 saturated carbocycles. The maximum atomic E-state index is 13.3. The lowest BCUT2D eigenvalue weighted by Crippen LogP contribution is -1.90. The highest BCUT2D eigenvalue weighted by Crippen LogP contribution is 2.33. The fourth-order valence-electron chi connectivity index (χ4n) is 2.23. The molecule has 22 heavy (non-hydrogen) atoms. The molecule has 112 valence electrons. The maximum Gasteiger partial charge on any atom is 0.173 e. The Bertz CT molecular complexity index is 813. The molecule has 3 nitrogen and oxygen atoms in total. The number of benzene rings is 2. The van der Waals surface area contributed by atoms with Gasteiger partial charge in [-0.3, -0.25) is 0 Å². The Hall–Kier alpha value is -2.24. The van der Waals surface area contributed by atoms with Gasteiger partial charge in [-0.05, 0) is 24.3 Å². The van der Waals surface area contributed by atoms with Crippen LogP contribution < -0.4 is 0 Å². The Morgan fingerprint density at radius 1 is 1.05 bits per heavy atom. The molecule has 1 N–H and O–H groups in total. The number of aliphatic hydroxyl groups excluding tert-OH is 1. The first-order chi connectivity index (χ1) is 10.6. The molecule has 0 fully saturated rings. The van der Waals surface area contributed by atoms with E-state index in [4.69, 9.17) is 16.1 Å². The summed E-state index contributed by atoms with van der Waals surface area (Å²) < 4.78 is 31.9.